The van der Waals surface area contributed by atoms with E-state index < -0.39 is 0 Å². The highest BCUT2D eigenvalue weighted by Crippen LogP contribution is 2.24. The maximum absolute atomic E-state index is 11.3. The molecular formula is C12H12N6OS2. The minimum Gasteiger partial charge on any atom is -0.399 e. The van der Waals surface area contributed by atoms with Gasteiger partial charge in [-0.1, -0.05) is 11.8 Å². The molecule has 21 heavy (non-hydrogen) atoms. The first-order valence-corrected chi connectivity index (χ1v) is 7.85. The lowest BCUT2D eigenvalue weighted by atomic mass is 10.3. The number of imidazole rings is 1. The Kier molecular flexibility index (Phi) is 3.78. The lowest BCUT2D eigenvalue weighted by Crippen LogP contribution is -2.29. The first-order valence-electron chi connectivity index (χ1n) is 5.99. The number of nitrogens with zero attached hydrogens (tertiary/aromatic N) is 2. The van der Waals surface area contributed by atoms with E-state index in [1.54, 1.807) is 0 Å². The van der Waals surface area contributed by atoms with E-state index in [0.717, 1.165) is 21.9 Å². The van der Waals surface area contributed by atoms with Crippen LogP contribution in [0, 0.1) is 0 Å². The number of thiazole rings is 1. The molecule has 108 valence electrons. The molecule has 0 aliphatic carbocycles. The molecule has 6 N–H and O–H groups in total. The van der Waals surface area contributed by atoms with Crippen molar-refractivity contribution in [2.24, 2.45) is 5.84 Å². The third-order valence-corrected chi connectivity index (χ3v) is 4.51. The van der Waals surface area contributed by atoms with Gasteiger partial charge in [0.05, 0.1) is 16.7 Å². The van der Waals surface area contributed by atoms with Gasteiger partial charge in [-0.3, -0.25) is 10.2 Å². The van der Waals surface area contributed by atoms with E-state index in [4.69, 9.17) is 11.6 Å². The summed E-state index contributed by atoms with van der Waals surface area (Å²) in [7, 11) is 0. The molecule has 0 radical (unpaired) electrons. The molecule has 0 unspecified atom stereocenters. The van der Waals surface area contributed by atoms with Crippen LogP contribution in [-0.4, -0.2) is 20.9 Å². The number of rotatable bonds is 4. The normalized spacial score (nSPS) is 10.9. The summed E-state index contributed by atoms with van der Waals surface area (Å²) in [6.07, 6.45) is 0. The molecule has 1 aromatic carbocycles. The van der Waals surface area contributed by atoms with E-state index in [1.165, 1.54) is 23.1 Å². The van der Waals surface area contributed by atoms with E-state index in [1.807, 2.05) is 23.6 Å². The van der Waals surface area contributed by atoms with Crippen molar-refractivity contribution in [3.8, 4) is 0 Å². The Morgan fingerprint density at radius 3 is 3.10 bits per heavy atom. The summed E-state index contributed by atoms with van der Waals surface area (Å²) in [4.78, 5) is 23.2. The lowest BCUT2D eigenvalue weighted by molar-refractivity contribution is 0.0953. The Morgan fingerprint density at radius 1 is 1.43 bits per heavy atom. The second kappa shape index (κ2) is 5.72. The Bertz CT molecular complexity index is 796. The number of amides is 1. The minimum atomic E-state index is -0.379. The Hall–Kier alpha value is -2.10. The molecule has 1 amide bonds. The fourth-order valence-electron chi connectivity index (χ4n) is 1.75. The zero-order chi connectivity index (χ0) is 14.8. The molecule has 0 saturated carbocycles. The van der Waals surface area contributed by atoms with Gasteiger partial charge in [0.2, 0.25) is 0 Å². The number of nitrogen functional groups attached to an aromatic ring is 2. The number of anilines is 1. The number of nitrogens with two attached hydrogens (primary N) is 2. The number of thioether (sulfide) groups is 1. The monoisotopic (exact) mass is 320 g/mol. The summed E-state index contributed by atoms with van der Waals surface area (Å²) < 4.78 is 0. The molecule has 9 heteroatoms. The third-order valence-electron chi connectivity index (χ3n) is 2.72. The molecule has 3 aromatic rings. The third kappa shape index (κ3) is 2.99. The van der Waals surface area contributed by atoms with Crippen LogP contribution in [0.4, 0.5) is 5.69 Å². The van der Waals surface area contributed by atoms with Gasteiger partial charge in [-0.05, 0) is 18.2 Å². The number of nitrogens with one attached hydrogen (secondary N) is 2. The van der Waals surface area contributed by atoms with Crippen molar-refractivity contribution < 1.29 is 4.79 Å². The molecule has 0 aliphatic heterocycles. The summed E-state index contributed by atoms with van der Waals surface area (Å²) in [5, 5.41) is 2.97. The topological polar surface area (TPSA) is 123 Å². The lowest BCUT2D eigenvalue weighted by Gasteiger charge is -1.94. The number of hydrogen-bond donors (Lipinski definition) is 4. The summed E-state index contributed by atoms with van der Waals surface area (Å²) >= 11 is 2.77. The molecular weight excluding hydrogens is 308 g/mol. The number of benzene rings is 1. The van der Waals surface area contributed by atoms with Gasteiger partial charge in [-0.25, -0.2) is 15.8 Å². The van der Waals surface area contributed by atoms with Gasteiger partial charge in [-0.2, -0.15) is 0 Å². The average molecular weight is 320 g/mol. The quantitative estimate of drug-likeness (QED) is 0.190. The van der Waals surface area contributed by atoms with Crippen molar-refractivity contribution in [3.63, 3.8) is 0 Å². The fraction of sp³-hybridized carbons (Fsp3) is 0.0833. The molecule has 2 aromatic heterocycles. The summed E-state index contributed by atoms with van der Waals surface area (Å²) in [5.74, 6) is 5.31. The van der Waals surface area contributed by atoms with Crippen molar-refractivity contribution in [1.29, 1.82) is 0 Å². The Labute approximate surface area is 128 Å². The van der Waals surface area contributed by atoms with Crippen LogP contribution in [0.2, 0.25) is 0 Å². The van der Waals surface area contributed by atoms with Crippen LogP contribution in [0.25, 0.3) is 11.0 Å². The van der Waals surface area contributed by atoms with Gasteiger partial charge in [0.25, 0.3) is 5.91 Å². The van der Waals surface area contributed by atoms with Crippen molar-refractivity contribution >= 4 is 45.7 Å². The number of aromatic nitrogens is 3. The van der Waals surface area contributed by atoms with E-state index >= 15 is 0 Å². The summed E-state index contributed by atoms with van der Waals surface area (Å²) in [5.41, 5.74) is 11.1. The second-order valence-corrected chi connectivity index (χ2v) is 6.05. The number of H-pyrrole nitrogens is 1. The molecule has 0 bridgehead atoms. The number of hydrazine groups is 1. The minimum absolute atomic E-state index is 0.352. The van der Waals surface area contributed by atoms with Crippen LogP contribution in [0.15, 0.2) is 28.7 Å². The number of aromatic amines is 1. The van der Waals surface area contributed by atoms with Crippen LogP contribution < -0.4 is 17.0 Å². The van der Waals surface area contributed by atoms with Gasteiger partial charge in [0, 0.05) is 16.8 Å². The Balaban J connectivity index is 1.71. The van der Waals surface area contributed by atoms with Gasteiger partial charge < -0.3 is 10.7 Å². The number of hydrogen-bond acceptors (Lipinski definition) is 7. The van der Waals surface area contributed by atoms with E-state index in [9.17, 15) is 4.79 Å². The standard InChI is InChI=1S/C12H12N6OS2/c13-6-1-2-8-9(3-6)17-12(16-8)21-5-7-4-20-11(15-7)10(19)18-14/h1-4H,5,13-14H2,(H,16,17)(H,18,19). The maximum Gasteiger partial charge on any atom is 0.294 e. The zero-order valence-corrected chi connectivity index (χ0v) is 12.4. The highest BCUT2D eigenvalue weighted by molar-refractivity contribution is 7.98. The van der Waals surface area contributed by atoms with E-state index in [-0.39, 0.29) is 5.91 Å². The van der Waals surface area contributed by atoms with Gasteiger partial charge >= 0.3 is 0 Å². The summed E-state index contributed by atoms with van der Waals surface area (Å²) in [6, 6.07) is 5.53. The predicted molar refractivity (Wildman–Crippen MR) is 83.8 cm³/mol. The highest BCUT2D eigenvalue weighted by atomic mass is 32.2. The molecule has 0 spiro atoms. The smallest absolute Gasteiger partial charge is 0.294 e. The first-order chi connectivity index (χ1) is 10.2. The SMILES string of the molecule is NNC(=O)c1nc(CSc2nc3ccc(N)cc3[nH]2)cs1. The molecule has 0 fully saturated rings. The van der Waals surface area contributed by atoms with Crippen molar-refractivity contribution in [2.75, 3.05) is 5.73 Å². The van der Waals surface area contributed by atoms with Crippen molar-refractivity contribution in [2.45, 2.75) is 10.9 Å². The number of carbonyl (C=O) groups is 1. The van der Waals surface area contributed by atoms with Crippen LogP contribution in [-0.2, 0) is 5.75 Å². The Morgan fingerprint density at radius 2 is 2.29 bits per heavy atom. The van der Waals surface area contributed by atoms with Crippen molar-refractivity contribution in [3.05, 3.63) is 34.3 Å². The van der Waals surface area contributed by atoms with E-state index in [2.05, 4.69) is 20.4 Å². The largest absolute Gasteiger partial charge is 0.399 e. The fourth-order valence-corrected chi connectivity index (χ4v) is 3.36. The van der Waals surface area contributed by atoms with Crippen LogP contribution in [0.3, 0.4) is 0 Å². The molecule has 7 nitrogen and oxygen atoms in total. The molecule has 0 atom stereocenters. The summed E-state index contributed by atoms with van der Waals surface area (Å²) in [6.45, 7) is 0. The second-order valence-electron chi connectivity index (χ2n) is 4.22. The van der Waals surface area contributed by atoms with Crippen LogP contribution in [0.5, 0.6) is 0 Å². The maximum atomic E-state index is 11.3. The highest BCUT2D eigenvalue weighted by Gasteiger charge is 2.10. The molecule has 0 saturated heterocycles. The predicted octanol–water partition coefficient (Wildman–Crippen LogP) is 1.50. The van der Waals surface area contributed by atoms with Gasteiger partial charge in [0.15, 0.2) is 10.2 Å². The molecule has 2 heterocycles. The number of carbonyl (C=O) groups excluding carboxylic acids is 1. The van der Waals surface area contributed by atoms with Crippen LogP contribution in [0.1, 0.15) is 15.5 Å². The number of fused-ring (bicyclic) bond motifs is 1. The first kappa shape index (κ1) is 13.9. The van der Waals surface area contributed by atoms with Crippen LogP contribution >= 0.6 is 23.1 Å². The van der Waals surface area contributed by atoms with Gasteiger partial charge in [-0.15, -0.1) is 11.3 Å². The van der Waals surface area contributed by atoms with E-state index in [0.29, 0.717) is 16.4 Å². The zero-order valence-electron chi connectivity index (χ0n) is 10.8. The molecule has 3 rings (SSSR count). The van der Waals surface area contributed by atoms with Crippen molar-refractivity contribution in [1.82, 2.24) is 20.4 Å². The average Bonchev–Trinajstić information content (AvgIpc) is 3.10. The van der Waals surface area contributed by atoms with Gasteiger partial charge in [0.1, 0.15) is 0 Å². The molecule has 0 aliphatic rings.